The fraction of sp³-hybridized carbons (Fsp3) is 0.542. The highest BCUT2D eigenvalue weighted by atomic mass is 32.2. The average Bonchev–Trinajstić information content (AvgIpc) is 3.30. The van der Waals surface area contributed by atoms with E-state index in [1.807, 2.05) is 6.07 Å². The zero-order valence-corrected chi connectivity index (χ0v) is 20.8. The van der Waals surface area contributed by atoms with Gasteiger partial charge in [-0.3, -0.25) is 4.79 Å². The van der Waals surface area contributed by atoms with Crippen molar-refractivity contribution >= 4 is 27.8 Å². The summed E-state index contributed by atoms with van der Waals surface area (Å²) in [5.74, 6) is -1.51. The van der Waals surface area contributed by atoms with Gasteiger partial charge in [-0.1, -0.05) is 31.9 Å². The van der Waals surface area contributed by atoms with Gasteiger partial charge < -0.3 is 20.1 Å². The smallest absolute Gasteiger partial charge is 0.338 e. The topological polar surface area (TPSA) is 128 Å². The highest BCUT2D eigenvalue weighted by molar-refractivity contribution is 7.93. The van der Waals surface area contributed by atoms with Crippen molar-refractivity contribution in [3.8, 4) is 0 Å². The second kappa shape index (κ2) is 10.2. The molecule has 0 unspecified atom stereocenters. The summed E-state index contributed by atoms with van der Waals surface area (Å²) in [7, 11) is -4.05. The van der Waals surface area contributed by atoms with Crippen LogP contribution in [0, 0.1) is 13.8 Å². The molecule has 1 fully saturated rings. The molecule has 186 valence electrons. The maximum atomic E-state index is 13.8. The lowest BCUT2D eigenvalue weighted by Crippen LogP contribution is -2.51. The standard InChI is InChI=1S/C24H32N2O7S/c1-5-17-20(21(27)32-6-2)18(26-23(29)25-17)14-33-22(28)24(11-7-8-12-24)34(30,31)19-13-15(3)9-10-16(19)4/h9-10,13,17H,5-8,11-12,14H2,1-4H3,(H2,25,26,29)/t17-/m1/s1. The summed E-state index contributed by atoms with van der Waals surface area (Å²) in [5.41, 5.74) is 1.60. The Labute approximate surface area is 200 Å². The molecule has 0 aromatic heterocycles. The Morgan fingerprint density at radius 1 is 1.12 bits per heavy atom. The van der Waals surface area contributed by atoms with Crippen molar-refractivity contribution in [2.24, 2.45) is 0 Å². The monoisotopic (exact) mass is 492 g/mol. The molecule has 1 aliphatic heterocycles. The summed E-state index contributed by atoms with van der Waals surface area (Å²) in [4.78, 5) is 38.2. The van der Waals surface area contributed by atoms with Crippen LogP contribution in [0.5, 0.6) is 0 Å². The molecule has 1 aromatic carbocycles. The van der Waals surface area contributed by atoms with Gasteiger partial charge in [0.15, 0.2) is 14.6 Å². The molecule has 9 nitrogen and oxygen atoms in total. The molecule has 0 bridgehead atoms. The van der Waals surface area contributed by atoms with Crippen LogP contribution in [0.2, 0.25) is 0 Å². The molecule has 1 heterocycles. The molecular weight excluding hydrogens is 460 g/mol. The van der Waals surface area contributed by atoms with Crippen LogP contribution in [0.15, 0.2) is 34.4 Å². The number of rotatable bonds is 8. The van der Waals surface area contributed by atoms with Crippen LogP contribution in [0.3, 0.4) is 0 Å². The first-order valence-corrected chi connectivity index (χ1v) is 13.0. The quantitative estimate of drug-likeness (QED) is 0.534. The number of hydrogen-bond acceptors (Lipinski definition) is 7. The van der Waals surface area contributed by atoms with E-state index in [-0.39, 0.29) is 35.6 Å². The SMILES string of the molecule is CCOC(=O)C1=C(COC(=O)C2(S(=O)(=O)c3cc(C)ccc3C)CCCC2)NC(=O)N[C@@H]1CC. The van der Waals surface area contributed by atoms with Gasteiger partial charge in [0, 0.05) is 0 Å². The Morgan fingerprint density at radius 3 is 2.41 bits per heavy atom. The van der Waals surface area contributed by atoms with Crippen molar-refractivity contribution < 1.29 is 32.3 Å². The first kappa shape index (κ1) is 25.7. The van der Waals surface area contributed by atoms with Crippen molar-refractivity contribution in [3.63, 3.8) is 0 Å². The molecule has 2 N–H and O–H groups in total. The Hall–Kier alpha value is -2.88. The van der Waals surface area contributed by atoms with Crippen LogP contribution in [0.25, 0.3) is 0 Å². The van der Waals surface area contributed by atoms with Crippen molar-refractivity contribution in [2.45, 2.75) is 75.5 Å². The minimum atomic E-state index is -4.05. The lowest BCUT2D eigenvalue weighted by atomic mass is 10.0. The van der Waals surface area contributed by atoms with E-state index in [9.17, 15) is 22.8 Å². The molecule has 10 heteroatoms. The van der Waals surface area contributed by atoms with Gasteiger partial charge in [0.25, 0.3) is 0 Å². The molecule has 1 aromatic rings. The lowest BCUT2D eigenvalue weighted by molar-refractivity contribution is -0.146. The minimum absolute atomic E-state index is 0.0969. The van der Waals surface area contributed by atoms with Crippen LogP contribution >= 0.6 is 0 Å². The third-order valence-corrected chi connectivity index (χ3v) is 9.05. The van der Waals surface area contributed by atoms with Crippen LogP contribution in [0.1, 0.15) is 57.1 Å². The number of urea groups is 1. The van der Waals surface area contributed by atoms with Gasteiger partial charge in [-0.2, -0.15) is 0 Å². The highest BCUT2D eigenvalue weighted by Crippen LogP contribution is 2.42. The summed E-state index contributed by atoms with van der Waals surface area (Å²) in [5, 5.41) is 5.17. The number of hydrogen-bond donors (Lipinski definition) is 2. The molecule has 0 saturated heterocycles. The maximum Gasteiger partial charge on any atom is 0.338 e. The van der Waals surface area contributed by atoms with E-state index in [4.69, 9.17) is 9.47 Å². The van der Waals surface area contributed by atoms with Gasteiger partial charge in [-0.25, -0.2) is 18.0 Å². The third kappa shape index (κ3) is 4.68. The fourth-order valence-electron chi connectivity index (χ4n) is 4.58. The van der Waals surface area contributed by atoms with E-state index in [0.717, 1.165) is 5.56 Å². The van der Waals surface area contributed by atoms with Crippen LogP contribution in [0.4, 0.5) is 4.79 Å². The lowest BCUT2D eigenvalue weighted by Gasteiger charge is -2.30. The van der Waals surface area contributed by atoms with E-state index in [0.29, 0.717) is 24.8 Å². The third-order valence-electron chi connectivity index (χ3n) is 6.43. The fourth-order valence-corrected chi connectivity index (χ4v) is 6.94. The zero-order chi connectivity index (χ0) is 25.1. The number of aryl methyl sites for hydroxylation is 2. The van der Waals surface area contributed by atoms with Crippen molar-refractivity contribution in [1.82, 2.24) is 10.6 Å². The van der Waals surface area contributed by atoms with Gasteiger partial charge in [0.05, 0.1) is 28.8 Å². The van der Waals surface area contributed by atoms with E-state index >= 15 is 0 Å². The maximum absolute atomic E-state index is 13.8. The number of sulfone groups is 1. The number of carbonyl (C=O) groups excluding carboxylic acids is 3. The molecule has 1 saturated carbocycles. The molecular formula is C24H32N2O7S. The normalized spacial score (nSPS) is 19.9. The Balaban J connectivity index is 1.95. The molecule has 2 amide bonds. The predicted molar refractivity (Wildman–Crippen MR) is 125 cm³/mol. The highest BCUT2D eigenvalue weighted by Gasteiger charge is 2.55. The molecule has 1 atom stereocenters. The predicted octanol–water partition coefficient (Wildman–Crippen LogP) is 2.84. The minimum Gasteiger partial charge on any atom is -0.463 e. The van der Waals surface area contributed by atoms with E-state index in [2.05, 4.69) is 10.6 Å². The molecule has 0 spiro atoms. The summed E-state index contributed by atoms with van der Waals surface area (Å²) >= 11 is 0. The zero-order valence-electron chi connectivity index (χ0n) is 20.0. The molecule has 3 rings (SSSR count). The van der Waals surface area contributed by atoms with Crippen LogP contribution < -0.4 is 10.6 Å². The number of benzene rings is 1. The first-order chi connectivity index (χ1) is 16.1. The van der Waals surface area contributed by atoms with E-state index in [1.54, 1.807) is 39.8 Å². The Bertz CT molecular complexity index is 1120. The van der Waals surface area contributed by atoms with Crippen molar-refractivity contribution in [3.05, 3.63) is 40.6 Å². The number of esters is 2. The summed E-state index contributed by atoms with van der Waals surface area (Å²) in [6.07, 6.45) is 1.88. The largest absolute Gasteiger partial charge is 0.463 e. The Kier molecular flexibility index (Phi) is 7.70. The summed E-state index contributed by atoms with van der Waals surface area (Å²) in [6.45, 7) is 6.65. The number of carbonyl (C=O) groups is 3. The van der Waals surface area contributed by atoms with E-state index < -0.39 is 45.2 Å². The first-order valence-electron chi connectivity index (χ1n) is 11.5. The van der Waals surface area contributed by atoms with Crippen molar-refractivity contribution in [2.75, 3.05) is 13.2 Å². The second-order valence-electron chi connectivity index (χ2n) is 8.72. The number of ether oxygens (including phenoxy) is 2. The van der Waals surface area contributed by atoms with Crippen molar-refractivity contribution in [1.29, 1.82) is 0 Å². The van der Waals surface area contributed by atoms with E-state index in [1.165, 1.54) is 0 Å². The average molecular weight is 493 g/mol. The molecule has 0 radical (unpaired) electrons. The van der Waals surface area contributed by atoms with Gasteiger partial charge in [0.2, 0.25) is 0 Å². The molecule has 34 heavy (non-hydrogen) atoms. The molecule has 1 aliphatic carbocycles. The summed E-state index contributed by atoms with van der Waals surface area (Å²) in [6, 6.07) is 3.98. The number of nitrogens with one attached hydrogen (secondary N) is 2. The Morgan fingerprint density at radius 2 is 1.79 bits per heavy atom. The van der Waals surface area contributed by atoms with Gasteiger partial charge in [-0.15, -0.1) is 0 Å². The molecule has 2 aliphatic rings. The van der Waals surface area contributed by atoms with Crippen LogP contribution in [-0.4, -0.2) is 50.4 Å². The second-order valence-corrected chi connectivity index (χ2v) is 11.0. The summed E-state index contributed by atoms with van der Waals surface area (Å²) < 4.78 is 36.5. The van der Waals surface area contributed by atoms with Gasteiger partial charge in [0.1, 0.15) is 6.61 Å². The van der Waals surface area contributed by atoms with Gasteiger partial charge in [-0.05, 0) is 57.2 Å². The van der Waals surface area contributed by atoms with Crippen LogP contribution in [-0.2, 0) is 28.9 Å². The van der Waals surface area contributed by atoms with Gasteiger partial charge >= 0.3 is 18.0 Å². The number of amides is 2.